The van der Waals surface area contributed by atoms with Crippen molar-refractivity contribution in [1.29, 1.82) is 0 Å². The molecule has 0 atom stereocenters. The molecule has 0 aliphatic heterocycles. The van der Waals surface area contributed by atoms with E-state index in [0.29, 0.717) is 0 Å². The van der Waals surface area contributed by atoms with Crippen molar-refractivity contribution in [2.45, 2.75) is 19.3 Å². The smallest absolute Gasteiger partial charge is 0.119 e. The molecule has 0 radical (unpaired) electrons. The fourth-order valence-electron chi connectivity index (χ4n) is 1.97. The van der Waals surface area contributed by atoms with Gasteiger partial charge in [0.1, 0.15) is 11.5 Å². The summed E-state index contributed by atoms with van der Waals surface area (Å²) in [5.41, 5.74) is 1.32. The van der Waals surface area contributed by atoms with E-state index in [1.807, 2.05) is 42.5 Å². The van der Waals surface area contributed by atoms with E-state index in [0.717, 1.165) is 37.4 Å². The number of ether oxygens (including phenoxy) is 2. The van der Waals surface area contributed by atoms with E-state index in [1.54, 1.807) is 7.11 Å². The highest BCUT2D eigenvalue weighted by Gasteiger charge is 1.97. The summed E-state index contributed by atoms with van der Waals surface area (Å²) in [5.74, 6) is 1.88. The lowest BCUT2D eigenvalue weighted by Crippen LogP contribution is -1.98. The van der Waals surface area contributed by atoms with E-state index in [9.17, 15) is 0 Å². The quantitative estimate of drug-likeness (QED) is 0.694. The summed E-state index contributed by atoms with van der Waals surface area (Å²) in [6.45, 7) is 0.772. The van der Waals surface area contributed by atoms with Gasteiger partial charge in [0.25, 0.3) is 0 Å². The fourth-order valence-corrected chi connectivity index (χ4v) is 1.97. The van der Waals surface area contributed by atoms with Crippen molar-refractivity contribution in [2.24, 2.45) is 0 Å². The van der Waals surface area contributed by atoms with Gasteiger partial charge in [-0.2, -0.15) is 0 Å². The first-order valence-corrected chi connectivity index (χ1v) is 6.69. The molecular weight excluding hydrogens is 236 g/mol. The van der Waals surface area contributed by atoms with Crippen LogP contribution in [0.5, 0.6) is 11.5 Å². The van der Waals surface area contributed by atoms with Crippen LogP contribution in [0.25, 0.3) is 0 Å². The topological polar surface area (TPSA) is 18.5 Å². The molecule has 0 saturated carbocycles. The molecule has 2 aromatic rings. The van der Waals surface area contributed by atoms with Gasteiger partial charge in [0, 0.05) is 0 Å². The second kappa shape index (κ2) is 7.47. The molecule has 0 heterocycles. The summed E-state index contributed by atoms with van der Waals surface area (Å²) < 4.78 is 10.9. The molecule has 0 N–H and O–H groups in total. The van der Waals surface area contributed by atoms with E-state index in [4.69, 9.17) is 9.47 Å². The fraction of sp³-hybridized carbons (Fsp3) is 0.294. The average molecular weight is 256 g/mol. The monoisotopic (exact) mass is 256 g/mol. The van der Waals surface area contributed by atoms with Crippen molar-refractivity contribution in [1.82, 2.24) is 0 Å². The maximum absolute atomic E-state index is 5.66. The second-order valence-corrected chi connectivity index (χ2v) is 4.47. The SMILES string of the molecule is COc1cccc(CCCCOc2ccccc2)c1. The highest BCUT2D eigenvalue weighted by molar-refractivity contribution is 5.28. The summed E-state index contributed by atoms with van der Waals surface area (Å²) in [7, 11) is 1.70. The Hall–Kier alpha value is -1.96. The van der Waals surface area contributed by atoms with Gasteiger partial charge in [0.05, 0.1) is 13.7 Å². The van der Waals surface area contributed by atoms with E-state index in [1.165, 1.54) is 5.56 Å². The van der Waals surface area contributed by atoms with Crippen molar-refractivity contribution in [3.8, 4) is 11.5 Å². The molecule has 0 unspecified atom stereocenters. The van der Waals surface area contributed by atoms with Gasteiger partial charge in [-0.15, -0.1) is 0 Å². The Bertz CT molecular complexity index is 480. The van der Waals surface area contributed by atoms with Crippen molar-refractivity contribution >= 4 is 0 Å². The normalized spacial score (nSPS) is 10.2. The van der Waals surface area contributed by atoms with Crippen LogP contribution in [0.1, 0.15) is 18.4 Å². The van der Waals surface area contributed by atoms with E-state index >= 15 is 0 Å². The average Bonchev–Trinajstić information content (AvgIpc) is 2.48. The van der Waals surface area contributed by atoms with Crippen LogP contribution in [-0.4, -0.2) is 13.7 Å². The maximum Gasteiger partial charge on any atom is 0.119 e. The van der Waals surface area contributed by atoms with Gasteiger partial charge >= 0.3 is 0 Å². The molecule has 0 aromatic heterocycles. The molecule has 0 spiro atoms. The molecule has 0 aliphatic carbocycles. The first-order chi connectivity index (χ1) is 9.38. The van der Waals surface area contributed by atoms with Crippen LogP contribution in [0.3, 0.4) is 0 Å². The minimum absolute atomic E-state index is 0.772. The minimum Gasteiger partial charge on any atom is -0.497 e. The van der Waals surface area contributed by atoms with Crippen molar-refractivity contribution < 1.29 is 9.47 Å². The lowest BCUT2D eigenvalue weighted by molar-refractivity contribution is 0.307. The van der Waals surface area contributed by atoms with Gasteiger partial charge in [-0.05, 0) is 49.1 Å². The van der Waals surface area contributed by atoms with Crippen LogP contribution in [0, 0.1) is 0 Å². The number of rotatable bonds is 7. The summed E-state index contributed by atoms with van der Waals surface area (Å²) in [5, 5.41) is 0. The number of unbranched alkanes of at least 4 members (excludes halogenated alkanes) is 1. The maximum atomic E-state index is 5.66. The molecule has 100 valence electrons. The lowest BCUT2D eigenvalue weighted by Gasteiger charge is -2.06. The van der Waals surface area contributed by atoms with Crippen LogP contribution in [-0.2, 0) is 6.42 Å². The first-order valence-electron chi connectivity index (χ1n) is 6.69. The molecule has 0 amide bonds. The third-order valence-electron chi connectivity index (χ3n) is 3.01. The number of aryl methyl sites for hydroxylation is 1. The highest BCUT2D eigenvalue weighted by Crippen LogP contribution is 2.15. The van der Waals surface area contributed by atoms with Crippen LogP contribution in [0.4, 0.5) is 0 Å². The number of para-hydroxylation sites is 1. The van der Waals surface area contributed by atoms with Crippen LogP contribution in [0.15, 0.2) is 54.6 Å². The van der Waals surface area contributed by atoms with Gasteiger partial charge < -0.3 is 9.47 Å². The van der Waals surface area contributed by atoms with Crippen molar-refractivity contribution in [3.63, 3.8) is 0 Å². The Labute approximate surface area is 115 Å². The lowest BCUT2D eigenvalue weighted by atomic mass is 10.1. The Morgan fingerprint density at radius 2 is 1.63 bits per heavy atom. The molecule has 19 heavy (non-hydrogen) atoms. The standard InChI is InChI=1S/C17H20O2/c1-18-17-12-7-9-15(14-17)8-5-6-13-19-16-10-3-2-4-11-16/h2-4,7,9-12,14H,5-6,8,13H2,1H3. The molecule has 2 heteroatoms. The minimum atomic E-state index is 0.772. The van der Waals surface area contributed by atoms with Gasteiger partial charge in [-0.1, -0.05) is 30.3 Å². The molecule has 0 aliphatic rings. The van der Waals surface area contributed by atoms with Crippen LogP contribution in [0.2, 0.25) is 0 Å². The van der Waals surface area contributed by atoms with E-state index < -0.39 is 0 Å². The van der Waals surface area contributed by atoms with E-state index in [-0.39, 0.29) is 0 Å². The molecule has 0 bridgehead atoms. The molecule has 2 rings (SSSR count). The summed E-state index contributed by atoms with van der Waals surface area (Å²) in [4.78, 5) is 0. The van der Waals surface area contributed by atoms with E-state index in [2.05, 4.69) is 12.1 Å². The number of methoxy groups -OCH3 is 1. The summed E-state index contributed by atoms with van der Waals surface area (Å²) in [6.07, 6.45) is 3.25. The number of benzene rings is 2. The highest BCUT2D eigenvalue weighted by atomic mass is 16.5. The van der Waals surface area contributed by atoms with Crippen LogP contribution < -0.4 is 9.47 Å². The zero-order chi connectivity index (χ0) is 13.3. The zero-order valence-corrected chi connectivity index (χ0v) is 11.3. The molecule has 2 aromatic carbocycles. The van der Waals surface area contributed by atoms with Crippen molar-refractivity contribution in [2.75, 3.05) is 13.7 Å². The van der Waals surface area contributed by atoms with Gasteiger partial charge in [0.2, 0.25) is 0 Å². The Morgan fingerprint density at radius 1 is 0.842 bits per heavy atom. The number of hydrogen-bond acceptors (Lipinski definition) is 2. The Kier molecular flexibility index (Phi) is 5.30. The second-order valence-electron chi connectivity index (χ2n) is 4.47. The summed E-state index contributed by atoms with van der Waals surface area (Å²) in [6, 6.07) is 18.2. The summed E-state index contributed by atoms with van der Waals surface area (Å²) >= 11 is 0. The zero-order valence-electron chi connectivity index (χ0n) is 11.3. The third-order valence-corrected chi connectivity index (χ3v) is 3.01. The predicted octanol–water partition coefficient (Wildman–Crippen LogP) is 4.10. The van der Waals surface area contributed by atoms with Gasteiger partial charge in [-0.3, -0.25) is 0 Å². The Morgan fingerprint density at radius 3 is 2.42 bits per heavy atom. The molecule has 2 nitrogen and oxygen atoms in total. The molecule has 0 saturated heterocycles. The number of hydrogen-bond donors (Lipinski definition) is 0. The van der Waals surface area contributed by atoms with Crippen molar-refractivity contribution in [3.05, 3.63) is 60.2 Å². The molecule has 0 fully saturated rings. The van der Waals surface area contributed by atoms with Gasteiger partial charge in [-0.25, -0.2) is 0 Å². The molecular formula is C17H20O2. The largest absolute Gasteiger partial charge is 0.497 e. The predicted molar refractivity (Wildman–Crippen MR) is 77.9 cm³/mol. The third kappa shape index (κ3) is 4.66. The van der Waals surface area contributed by atoms with Gasteiger partial charge in [0.15, 0.2) is 0 Å². The Balaban J connectivity index is 1.66. The first kappa shape index (κ1) is 13.5. The van der Waals surface area contributed by atoms with Crippen LogP contribution >= 0.6 is 0 Å².